The van der Waals surface area contributed by atoms with Crippen molar-refractivity contribution in [3.63, 3.8) is 0 Å². The minimum absolute atomic E-state index is 0.138. The smallest absolute Gasteiger partial charge is 0.274 e. The van der Waals surface area contributed by atoms with Crippen LogP contribution >= 0.6 is 11.3 Å². The van der Waals surface area contributed by atoms with Crippen LogP contribution < -0.4 is 4.74 Å². The molecule has 0 aliphatic heterocycles. The van der Waals surface area contributed by atoms with Gasteiger partial charge in [-0.05, 0) is 30.7 Å². The van der Waals surface area contributed by atoms with Crippen molar-refractivity contribution in [3.8, 4) is 16.2 Å². The van der Waals surface area contributed by atoms with E-state index in [-0.39, 0.29) is 5.91 Å². The Morgan fingerprint density at radius 3 is 2.53 bits per heavy atom. The fourth-order valence-electron chi connectivity index (χ4n) is 3.34. The van der Waals surface area contributed by atoms with Gasteiger partial charge in [-0.15, -0.1) is 11.3 Å². The second kappa shape index (κ2) is 8.97. The van der Waals surface area contributed by atoms with E-state index in [2.05, 4.69) is 4.98 Å². The summed E-state index contributed by atoms with van der Waals surface area (Å²) in [6.45, 7) is 2.65. The largest absolute Gasteiger partial charge is 0.496 e. The number of ether oxygens (including phenoxy) is 1. The number of furan rings is 1. The van der Waals surface area contributed by atoms with E-state index in [0.29, 0.717) is 24.5 Å². The van der Waals surface area contributed by atoms with Crippen molar-refractivity contribution in [3.05, 3.63) is 95.0 Å². The summed E-state index contributed by atoms with van der Waals surface area (Å²) in [6, 6.07) is 21.3. The molecule has 0 atom stereocenters. The number of thiazole rings is 1. The first-order chi connectivity index (χ1) is 14.7. The lowest BCUT2D eigenvalue weighted by Crippen LogP contribution is -2.30. The molecule has 2 aromatic heterocycles. The summed E-state index contributed by atoms with van der Waals surface area (Å²) in [6.07, 6.45) is 1.61. The Labute approximate surface area is 179 Å². The molecule has 1 amide bonds. The van der Waals surface area contributed by atoms with E-state index in [1.807, 2.05) is 73.7 Å². The van der Waals surface area contributed by atoms with Crippen LogP contribution in [0.5, 0.6) is 5.75 Å². The maximum atomic E-state index is 13.7. The molecular weight excluding hydrogens is 396 g/mol. The third-order valence-corrected chi connectivity index (χ3v) is 5.76. The van der Waals surface area contributed by atoms with E-state index in [9.17, 15) is 4.79 Å². The number of rotatable bonds is 7. The maximum absolute atomic E-state index is 13.7. The maximum Gasteiger partial charge on any atom is 0.274 e. The van der Waals surface area contributed by atoms with E-state index >= 15 is 0 Å². The Kier molecular flexibility index (Phi) is 5.95. The Morgan fingerprint density at radius 2 is 1.80 bits per heavy atom. The van der Waals surface area contributed by atoms with Gasteiger partial charge in [-0.3, -0.25) is 4.79 Å². The molecule has 0 fully saturated rings. The number of benzene rings is 2. The summed E-state index contributed by atoms with van der Waals surface area (Å²) in [5.41, 5.74) is 2.37. The molecule has 6 heteroatoms. The molecule has 2 aromatic carbocycles. The highest BCUT2D eigenvalue weighted by Crippen LogP contribution is 2.32. The van der Waals surface area contributed by atoms with Gasteiger partial charge in [-0.25, -0.2) is 4.98 Å². The third kappa shape index (κ3) is 4.28. The van der Waals surface area contributed by atoms with Crippen molar-refractivity contribution in [2.75, 3.05) is 7.11 Å². The molecule has 4 rings (SSSR count). The first-order valence-corrected chi connectivity index (χ1v) is 10.4. The number of carbonyl (C=O) groups excluding carboxylic acids is 1. The van der Waals surface area contributed by atoms with E-state index in [4.69, 9.17) is 9.15 Å². The number of nitrogens with zero attached hydrogens (tertiary/aromatic N) is 2. The minimum Gasteiger partial charge on any atom is -0.496 e. The number of hydrogen-bond acceptors (Lipinski definition) is 5. The lowest BCUT2D eigenvalue weighted by atomic mass is 10.1. The van der Waals surface area contributed by atoms with Crippen molar-refractivity contribution >= 4 is 17.2 Å². The van der Waals surface area contributed by atoms with Gasteiger partial charge in [0.1, 0.15) is 17.2 Å². The molecular formula is C24H22N2O3S. The monoisotopic (exact) mass is 418 g/mol. The SMILES string of the molecule is COc1ccccc1CN(Cc1ccco1)C(=O)c1nc(C)sc1-c1ccccc1. The summed E-state index contributed by atoms with van der Waals surface area (Å²) >= 11 is 1.53. The second-order valence-electron chi connectivity index (χ2n) is 6.83. The predicted molar refractivity (Wildman–Crippen MR) is 118 cm³/mol. The van der Waals surface area contributed by atoms with Crippen LogP contribution in [-0.2, 0) is 13.1 Å². The van der Waals surface area contributed by atoms with Gasteiger partial charge in [0, 0.05) is 5.56 Å². The van der Waals surface area contributed by atoms with Gasteiger partial charge in [-0.2, -0.15) is 0 Å². The molecule has 0 saturated heterocycles. The molecule has 0 unspecified atom stereocenters. The molecule has 2 heterocycles. The molecule has 0 bridgehead atoms. The molecule has 0 radical (unpaired) electrons. The first kappa shape index (κ1) is 19.9. The van der Waals surface area contributed by atoms with Gasteiger partial charge in [0.25, 0.3) is 5.91 Å². The van der Waals surface area contributed by atoms with Crippen LogP contribution in [0.2, 0.25) is 0 Å². The highest BCUT2D eigenvalue weighted by molar-refractivity contribution is 7.15. The Hall–Kier alpha value is -3.38. The highest BCUT2D eigenvalue weighted by atomic mass is 32.1. The molecule has 0 saturated carbocycles. The zero-order chi connectivity index (χ0) is 20.9. The lowest BCUT2D eigenvalue weighted by Gasteiger charge is -2.22. The highest BCUT2D eigenvalue weighted by Gasteiger charge is 2.25. The topological polar surface area (TPSA) is 55.6 Å². The van der Waals surface area contributed by atoms with Crippen molar-refractivity contribution < 1.29 is 13.9 Å². The summed E-state index contributed by atoms with van der Waals surface area (Å²) in [5, 5.41) is 0.854. The molecule has 0 aliphatic carbocycles. The summed E-state index contributed by atoms with van der Waals surface area (Å²) < 4.78 is 11.0. The molecule has 0 aliphatic rings. The summed E-state index contributed by atoms with van der Waals surface area (Å²) in [5.74, 6) is 1.32. The number of aromatic nitrogens is 1. The van der Waals surface area contributed by atoms with E-state index in [1.165, 1.54) is 11.3 Å². The van der Waals surface area contributed by atoms with Gasteiger partial charge in [0.2, 0.25) is 0 Å². The predicted octanol–water partition coefficient (Wildman–Crippen LogP) is 5.56. The van der Waals surface area contributed by atoms with Crippen molar-refractivity contribution in [2.24, 2.45) is 0 Å². The van der Waals surface area contributed by atoms with Gasteiger partial charge >= 0.3 is 0 Å². The van der Waals surface area contributed by atoms with Crippen LogP contribution in [0.1, 0.15) is 26.8 Å². The average molecular weight is 419 g/mol. The molecule has 152 valence electrons. The number of amides is 1. The number of methoxy groups -OCH3 is 1. The van der Waals surface area contributed by atoms with Crippen LogP contribution in [0.25, 0.3) is 10.4 Å². The van der Waals surface area contributed by atoms with Gasteiger partial charge in [-0.1, -0.05) is 48.5 Å². The third-order valence-electron chi connectivity index (χ3n) is 4.74. The molecule has 4 aromatic rings. The van der Waals surface area contributed by atoms with Gasteiger partial charge in [0.15, 0.2) is 0 Å². The number of carbonyl (C=O) groups is 1. The average Bonchev–Trinajstić information content (AvgIpc) is 3.43. The van der Waals surface area contributed by atoms with E-state index in [0.717, 1.165) is 26.8 Å². The fraction of sp³-hybridized carbons (Fsp3) is 0.167. The number of hydrogen-bond donors (Lipinski definition) is 0. The summed E-state index contributed by atoms with van der Waals surface area (Å²) in [7, 11) is 1.63. The fourth-order valence-corrected chi connectivity index (χ4v) is 4.25. The molecule has 0 N–H and O–H groups in total. The normalized spacial score (nSPS) is 10.7. The van der Waals surface area contributed by atoms with Crippen LogP contribution in [-0.4, -0.2) is 22.9 Å². The number of aryl methyl sites for hydroxylation is 1. The molecule has 5 nitrogen and oxygen atoms in total. The standard InChI is InChI=1S/C24H22N2O3S/c1-17-25-22(23(30-17)18-9-4-3-5-10-18)24(27)26(16-20-12-8-14-29-20)15-19-11-6-7-13-21(19)28-2/h3-14H,15-16H2,1-2H3. The second-order valence-corrected chi connectivity index (χ2v) is 8.03. The van der Waals surface area contributed by atoms with Crippen molar-refractivity contribution in [1.29, 1.82) is 0 Å². The van der Waals surface area contributed by atoms with Crippen LogP contribution in [0.3, 0.4) is 0 Å². The van der Waals surface area contributed by atoms with Gasteiger partial charge < -0.3 is 14.1 Å². The van der Waals surface area contributed by atoms with Crippen LogP contribution in [0.15, 0.2) is 77.4 Å². The zero-order valence-electron chi connectivity index (χ0n) is 16.9. The molecule has 30 heavy (non-hydrogen) atoms. The Bertz CT molecular complexity index is 1120. The van der Waals surface area contributed by atoms with Crippen LogP contribution in [0, 0.1) is 6.92 Å². The van der Waals surface area contributed by atoms with E-state index < -0.39 is 0 Å². The Morgan fingerprint density at radius 1 is 1.03 bits per heavy atom. The van der Waals surface area contributed by atoms with E-state index in [1.54, 1.807) is 18.3 Å². The first-order valence-electron chi connectivity index (χ1n) is 9.62. The number of para-hydroxylation sites is 1. The quantitative estimate of drug-likeness (QED) is 0.394. The van der Waals surface area contributed by atoms with Crippen LogP contribution in [0.4, 0.5) is 0 Å². The lowest BCUT2D eigenvalue weighted by molar-refractivity contribution is 0.0712. The van der Waals surface area contributed by atoms with Crippen molar-refractivity contribution in [2.45, 2.75) is 20.0 Å². The zero-order valence-corrected chi connectivity index (χ0v) is 17.7. The minimum atomic E-state index is -0.138. The Balaban J connectivity index is 1.71. The van der Waals surface area contributed by atoms with Gasteiger partial charge in [0.05, 0.1) is 36.3 Å². The van der Waals surface area contributed by atoms with Crippen molar-refractivity contribution in [1.82, 2.24) is 9.88 Å². The molecule has 0 spiro atoms. The summed E-state index contributed by atoms with van der Waals surface area (Å²) in [4.78, 5) is 20.9.